The molecule has 20 heavy (non-hydrogen) atoms. The monoisotopic (exact) mass is 269 g/mol. The van der Waals surface area contributed by atoms with Gasteiger partial charge in [-0.3, -0.25) is 9.59 Å². The van der Waals surface area contributed by atoms with Gasteiger partial charge in [-0.25, -0.2) is 0 Å². The van der Waals surface area contributed by atoms with E-state index in [0.29, 0.717) is 16.9 Å². The molecule has 0 bridgehead atoms. The average molecular weight is 269 g/mol. The maximum Gasteiger partial charge on any atom is 0.255 e. The molecule has 0 aliphatic rings. The molecule has 5 heteroatoms. The molecule has 0 aromatic heterocycles. The standard InChI is InChI=1S/C15H15N3O2/c1-9-3-2-4-12(14(17)19)13(9)18-15(20)10-5-7-11(16)8-6-10/h2-8H,16H2,1H3,(H2,17,19)(H,18,20). The Bertz CT molecular complexity index is 663. The molecule has 0 unspecified atom stereocenters. The second-order valence-electron chi connectivity index (χ2n) is 4.44. The lowest BCUT2D eigenvalue weighted by Gasteiger charge is -2.12. The Labute approximate surface area is 116 Å². The molecule has 0 heterocycles. The molecular formula is C15H15N3O2. The van der Waals surface area contributed by atoms with Crippen LogP contribution in [-0.2, 0) is 0 Å². The summed E-state index contributed by atoms with van der Waals surface area (Å²) in [4.78, 5) is 23.5. The van der Waals surface area contributed by atoms with Crippen molar-refractivity contribution < 1.29 is 9.59 Å². The van der Waals surface area contributed by atoms with Gasteiger partial charge < -0.3 is 16.8 Å². The van der Waals surface area contributed by atoms with Crippen LogP contribution in [0.25, 0.3) is 0 Å². The zero-order valence-electron chi connectivity index (χ0n) is 11.0. The number of benzene rings is 2. The highest BCUT2D eigenvalue weighted by Crippen LogP contribution is 2.21. The van der Waals surface area contributed by atoms with E-state index in [2.05, 4.69) is 5.32 Å². The van der Waals surface area contributed by atoms with Crippen LogP contribution in [0, 0.1) is 6.92 Å². The number of rotatable bonds is 3. The molecule has 0 aliphatic heterocycles. The molecule has 5 nitrogen and oxygen atoms in total. The number of carbonyl (C=O) groups is 2. The fourth-order valence-electron chi connectivity index (χ4n) is 1.86. The highest BCUT2D eigenvalue weighted by Gasteiger charge is 2.14. The first kappa shape index (κ1) is 13.6. The molecule has 0 aliphatic carbocycles. The number of aryl methyl sites for hydroxylation is 1. The number of nitrogens with two attached hydrogens (primary N) is 2. The summed E-state index contributed by atoms with van der Waals surface area (Å²) in [5.74, 6) is -0.900. The third-order valence-electron chi connectivity index (χ3n) is 2.95. The zero-order chi connectivity index (χ0) is 14.7. The lowest BCUT2D eigenvalue weighted by molar-refractivity contribution is 0.100. The molecule has 0 fully saturated rings. The van der Waals surface area contributed by atoms with Gasteiger partial charge in [0, 0.05) is 11.3 Å². The van der Waals surface area contributed by atoms with Crippen LogP contribution in [0.4, 0.5) is 11.4 Å². The summed E-state index contributed by atoms with van der Waals surface area (Å²) in [6.07, 6.45) is 0. The maximum absolute atomic E-state index is 12.1. The van der Waals surface area contributed by atoms with Crippen molar-refractivity contribution in [2.45, 2.75) is 6.92 Å². The third-order valence-corrected chi connectivity index (χ3v) is 2.95. The molecule has 102 valence electrons. The van der Waals surface area contributed by atoms with Crippen molar-refractivity contribution in [1.29, 1.82) is 0 Å². The van der Waals surface area contributed by atoms with Gasteiger partial charge in [-0.15, -0.1) is 0 Å². The molecule has 0 radical (unpaired) electrons. The first-order chi connectivity index (χ1) is 9.49. The second kappa shape index (κ2) is 5.44. The van der Waals surface area contributed by atoms with Crippen molar-refractivity contribution in [1.82, 2.24) is 0 Å². The zero-order valence-corrected chi connectivity index (χ0v) is 11.0. The lowest BCUT2D eigenvalue weighted by Crippen LogP contribution is -2.19. The minimum Gasteiger partial charge on any atom is -0.399 e. The highest BCUT2D eigenvalue weighted by molar-refractivity contribution is 6.09. The van der Waals surface area contributed by atoms with Gasteiger partial charge in [0.15, 0.2) is 0 Å². The minimum absolute atomic E-state index is 0.286. The number of carbonyl (C=O) groups excluding carboxylic acids is 2. The van der Waals surface area contributed by atoms with Crippen LogP contribution in [0.2, 0.25) is 0 Å². The van der Waals surface area contributed by atoms with Gasteiger partial charge in [-0.05, 0) is 42.8 Å². The van der Waals surface area contributed by atoms with Crippen LogP contribution in [-0.4, -0.2) is 11.8 Å². The number of hydrogen-bond acceptors (Lipinski definition) is 3. The topological polar surface area (TPSA) is 98.2 Å². The largest absolute Gasteiger partial charge is 0.399 e. The smallest absolute Gasteiger partial charge is 0.255 e. The van der Waals surface area contributed by atoms with Crippen molar-refractivity contribution in [3.8, 4) is 0 Å². The fraction of sp³-hybridized carbons (Fsp3) is 0.0667. The number of anilines is 2. The van der Waals surface area contributed by atoms with Gasteiger partial charge in [-0.1, -0.05) is 12.1 Å². The predicted octanol–water partition coefficient (Wildman–Crippen LogP) is 1.93. The lowest BCUT2D eigenvalue weighted by atomic mass is 10.1. The van der Waals surface area contributed by atoms with Gasteiger partial charge in [0.25, 0.3) is 11.8 Å². The van der Waals surface area contributed by atoms with E-state index in [4.69, 9.17) is 11.5 Å². The molecule has 0 spiro atoms. The van der Waals surface area contributed by atoms with Crippen LogP contribution in [0.5, 0.6) is 0 Å². The summed E-state index contributed by atoms with van der Waals surface area (Å²) >= 11 is 0. The second-order valence-corrected chi connectivity index (χ2v) is 4.44. The van der Waals surface area contributed by atoms with Crippen molar-refractivity contribution in [2.24, 2.45) is 5.73 Å². The van der Waals surface area contributed by atoms with Gasteiger partial charge >= 0.3 is 0 Å². The van der Waals surface area contributed by atoms with Gasteiger partial charge in [0.2, 0.25) is 0 Å². The minimum atomic E-state index is -0.582. The summed E-state index contributed by atoms with van der Waals surface area (Å²) in [5, 5.41) is 2.72. The average Bonchev–Trinajstić information content (AvgIpc) is 2.41. The molecule has 0 saturated carbocycles. The van der Waals surface area contributed by atoms with E-state index in [9.17, 15) is 9.59 Å². The Morgan fingerprint density at radius 1 is 1.05 bits per heavy atom. The Morgan fingerprint density at radius 3 is 2.30 bits per heavy atom. The van der Waals surface area contributed by atoms with E-state index in [-0.39, 0.29) is 11.5 Å². The van der Waals surface area contributed by atoms with E-state index in [1.165, 1.54) is 0 Å². The summed E-state index contributed by atoms with van der Waals surface area (Å²) in [7, 11) is 0. The molecule has 2 aromatic carbocycles. The Morgan fingerprint density at radius 2 is 1.70 bits per heavy atom. The van der Waals surface area contributed by atoms with Crippen LogP contribution in [0.3, 0.4) is 0 Å². The fourth-order valence-corrected chi connectivity index (χ4v) is 1.86. The van der Waals surface area contributed by atoms with Gasteiger partial charge in [0.1, 0.15) is 0 Å². The molecule has 0 saturated heterocycles. The first-order valence-electron chi connectivity index (χ1n) is 6.05. The molecule has 5 N–H and O–H groups in total. The highest BCUT2D eigenvalue weighted by atomic mass is 16.2. The van der Waals surface area contributed by atoms with Crippen LogP contribution < -0.4 is 16.8 Å². The number of para-hydroxylation sites is 1. The summed E-state index contributed by atoms with van der Waals surface area (Å²) in [6.45, 7) is 1.80. The molecule has 2 aromatic rings. The summed E-state index contributed by atoms with van der Waals surface area (Å²) in [5.41, 5.74) is 13.4. The third kappa shape index (κ3) is 2.77. The van der Waals surface area contributed by atoms with Crippen molar-refractivity contribution in [3.05, 3.63) is 59.2 Å². The van der Waals surface area contributed by atoms with Gasteiger partial charge in [0.05, 0.1) is 11.3 Å². The van der Waals surface area contributed by atoms with Crippen LogP contribution >= 0.6 is 0 Å². The van der Waals surface area contributed by atoms with E-state index in [1.807, 2.05) is 0 Å². The van der Waals surface area contributed by atoms with Crippen LogP contribution in [0.1, 0.15) is 26.3 Å². The SMILES string of the molecule is Cc1cccc(C(N)=O)c1NC(=O)c1ccc(N)cc1. The Balaban J connectivity index is 2.32. The Kier molecular flexibility index (Phi) is 3.70. The van der Waals surface area contributed by atoms with Crippen molar-refractivity contribution in [2.75, 3.05) is 11.1 Å². The van der Waals surface area contributed by atoms with E-state index in [1.54, 1.807) is 49.4 Å². The van der Waals surface area contributed by atoms with E-state index >= 15 is 0 Å². The first-order valence-corrected chi connectivity index (χ1v) is 6.05. The summed E-state index contributed by atoms with van der Waals surface area (Å²) in [6, 6.07) is 11.6. The number of nitrogens with one attached hydrogen (secondary N) is 1. The number of nitrogen functional groups attached to an aromatic ring is 1. The number of primary amides is 1. The number of amides is 2. The van der Waals surface area contributed by atoms with E-state index in [0.717, 1.165) is 5.56 Å². The quantitative estimate of drug-likeness (QED) is 0.742. The maximum atomic E-state index is 12.1. The normalized spacial score (nSPS) is 10.1. The van der Waals surface area contributed by atoms with Crippen LogP contribution in [0.15, 0.2) is 42.5 Å². The van der Waals surface area contributed by atoms with Crippen molar-refractivity contribution >= 4 is 23.2 Å². The Hall–Kier alpha value is -2.82. The van der Waals surface area contributed by atoms with Crippen molar-refractivity contribution in [3.63, 3.8) is 0 Å². The summed E-state index contributed by atoms with van der Waals surface area (Å²) < 4.78 is 0. The molecule has 2 amide bonds. The predicted molar refractivity (Wildman–Crippen MR) is 78.5 cm³/mol. The van der Waals surface area contributed by atoms with E-state index < -0.39 is 5.91 Å². The molecule has 0 atom stereocenters. The number of hydrogen-bond donors (Lipinski definition) is 3. The molecule has 2 rings (SSSR count). The molecular weight excluding hydrogens is 254 g/mol. The van der Waals surface area contributed by atoms with Gasteiger partial charge in [-0.2, -0.15) is 0 Å².